The lowest BCUT2D eigenvalue weighted by Crippen LogP contribution is -2.04. The topological polar surface area (TPSA) is 71.8 Å². The fraction of sp³-hybridized carbons (Fsp3) is 0.222. The van der Waals surface area contributed by atoms with Crippen molar-refractivity contribution < 1.29 is 8.78 Å². The summed E-state index contributed by atoms with van der Waals surface area (Å²) in [7, 11) is 0. The van der Waals surface area contributed by atoms with Crippen LogP contribution in [0.4, 0.5) is 8.78 Å². The van der Waals surface area contributed by atoms with Gasteiger partial charge in [0.1, 0.15) is 11.6 Å². The van der Waals surface area contributed by atoms with Gasteiger partial charge in [0, 0.05) is 23.6 Å². The summed E-state index contributed by atoms with van der Waals surface area (Å²) in [6.07, 6.45) is 2.31. The lowest BCUT2D eigenvalue weighted by atomic mass is 10.1. The van der Waals surface area contributed by atoms with E-state index in [2.05, 4.69) is 39.3 Å². The van der Waals surface area contributed by atoms with Crippen LogP contribution in [0.1, 0.15) is 19.7 Å². The maximum Gasteiger partial charge on any atom is 0.177 e. The Morgan fingerprint density at radius 1 is 1.08 bits per heavy atom. The van der Waals surface area contributed by atoms with Crippen molar-refractivity contribution in [3.05, 3.63) is 54.0 Å². The molecule has 3 heterocycles. The van der Waals surface area contributed by atoms with E-state index in [0.29, 0.717) is 28.5 Å². The van der Waals surface area contributed by atoms with Gasteiger partial charge in [-0.25, -0.2) is 8.78 Å². The number of hydrogen-bond acceptors (Lipinski definition) is 4. The Hall–Kier alpha value is -3.16. The maximum atomic E-state index is 14.2. The molecule has 0 aliphatic carbocycles. The third-order valence-electron chi connectivity index (χ3n) is 4.03. The number of benzene rings is 1. The van der Waals surface area contributed by atoms with E-state index < -0.39 is 11.6 Å². The minimum Gasteiger partial charge on any atom is -0.277 e. The van der Waals surface area contributed by atoms with Gasteiger partial charge in [-0.2, -0.15) is 14.7 Å². The summed E-state index contributed by atoms with van der Waals surface area (Å²) in [6, 6.07) is 7.01. The molecule has 0 atom stereocenters. The van der Waals surface area contributed by atoms with E-state index in [-0.39, 0.29) is 5.56 Å². The molecule has 0 aliphatic rings. The second-order valence-corrected chi connectivity index (χ2v) is 6.49. The van der Waals surface area contributed by atoms with E-state index in [9.17, 15) is 8.78 Å². The predicted molar refractivity (Wildman–Crippen MR) is 92.3 cm³/mol. The van der Waals surface area contributed by atoms with Gasteiger partial charge in [0.05, 0.1) is 17.6 Å². The lowest BCUT2D eigenvalue weighted by molar-refractivity contribution is 0.585. The predicted octanol–water partition coefficient (Wildman–Crippen LogP) is 3.66. The van der Waals surface area contributed by atoms with E-state index in [4.69, 9.17) is 0 Å². The molecule has 0 radical (unpaired) electrons. The first-order chi connectivity index (χ1) is 12.5. The largest absolute Gasteiger partial charge is 0.277 e. The number of aromatic amines is 1. The number of aromatic nitrogens is 6. The van der Waals surface area contributed by atoms with Crippen LogP contribution in [0.25, 0.3) is 28.2 Å². The van der Waals surface area contributed by atoms with Crippen molar-refractivity contribution in [3.8, 4) is 22.5 Å². The molecule has 132 valence electrons. The molecule has 0 spiro atoms. The molecule has 0 fully saturated rings. The van der Waals surface area contributed by atoms with Crippen molar-refractivity contribution in [1.29, 1.82) is 0 Å². The van der Waals surface area contributed by atoms with Crippen molar-refractivity contribution in [2.24, 2.45) is 5.92 Å². The Morgan fingerprint density at radius 2 is 1.92 bits per heavy atom. The molecule has 6 nitrogen and oxygen atoms in total. The number of rotatable bonds is 4. The van der Waals surface area contributed by atoms with Crippen LogP contribution in [0.3, 0.4) is 0 Å². The van der Waals surface area contributed by atoms with Crippen LogP contribution in [0, 0.1) is 17.6 Å². The van der Waals surface area contributed by atoms with Gasteiger partial charge in [-0.15, -0.1) is 10.2 Å². The summed E-state index contributed by atoms with van der Waals surface area (Å²) < 4.78 is 29.1. The average molecular weight is 354 g/mol. The summed E-state index contributed by atoms with van der Waals surface area (Å²) >= 11 is 0. The number of fused-ring (bicyclic) bond motifs is 1. The van der Waals surface area contributed by atoms with Crippen LogP contribution in [-0.2, 0) is 6.42 Å². The first-order valence-electron chi connectivity index (χ1n) is 8.23. The third-order valence-corrected chi connectivity index (χ3v) is 4.03. The van der Waals surface area contributed by atoms with Gasteiger partial charge in [0.15, 0.2) is 11.5 Å². The number of nitrogens with zero attached hydrogens (tertiary/aromatic N) is 5. The zero-order chi connectivity index (χ0) is 18.3. The molecule has 8 heteroatoms. The zero-order valence-corrected chi connectivity index (χ0v) is 14.2. The molecule has 0 bridgehead atoms. The maximum absolute atomic E-state index is 14.2. The van der Waals surface area contributed by atoms with Crippen LogP contribution in [0.15, 0.2) is 36.5 Å². The molecule has 4 rings (SSSR count). The number of H-pyrrole nitrogens is 1. The third kappa shape index (κ3) is 2.83. The van der Waals surface area contributed by atoms with Crippen LogP contribution < -0.4 is 0 Å². The number of nitrogens with one attached hydrogen (secondary N) is 1. The minimum atomic E-state index is -0.665. The SMILES string of the molecule is CC(C)Cc1nnc2ccc(-c3cn[nH]c3-c3ccc(F)cc3F)nn12. The Morgan fingerprint density at radius 3 is 2.69 bits per heavy atom. The van der Waals surface area contributed by atoms with Gasteiger partial charge in [0.25, 0.3) is 0 Å². The highest BCUT2D eigenvalue weighted by molar-refractivity contribution is 5.78. The molecule has 0 amide bonds. The molecular weight excluding hydrogens is 338 g/mol. The van der Waals surface area contributed by atoms with Crippen molar-refractivity contribution in [1.82, 2.24) is 30.0 Å². The highest BCUT2D eigenvalue weighted by Crippen LogP contribution is 2.31. The van der Waals surface area contributed by atoms with Crippen molar-refractivity contribution >= 4 is 5.65 Å². The normalized spacial score (nSPS) is 11.6. The number of hydrogen-bond donors (Lipinski definition) is 1. The average Bonchev–Trinajstić information content (AvgIpc) is 3.21. The van der Waals surface area contributed by atoms with E-state index in [0.717, 1.165) is 18.3 Å². The monoisotopic (exact) mass is 354 g/mol. The summed E-state index contributed by atoms with van der Waals surface area (Å²) in [5.74, 6) is -0.128. The quantitative estimate of drug-likeness (QED) is 0.607. The molecule has 3 aromatic heterocycles. The van der Waals surface area contributed by atoms with Gasteiger partial charge in [-0.3, -0.25) is 5.10 Å². The molecular formula is C18H16F2N6. The molecule has 0 saturated carbocycles. The van der Waals surface area contributed by atoms with E-state index in [1.54, 1.807) is 22.8 Å². The summed E-state index contributed by atoms with van der Waals surface area (Å²) in [5, 5.41) is 19.7. The fourth-order valence-electron chi connectivity index (χ4n) is 2.85. The van der Waals surface area contributed by atoms with Gasteiger partial charge >= 0.3 is 0 Å². The highest BCUT2D eigenvalue weighted by Gasteiger charge is 2.17. The summed E-state index contributed by atoms with van der Waals surface area (Å²) in [4.78, 5) is 0. The smallest absolute Gasteiger partial charge is 0.177 e. The van der Waals surface area contributed by atoms with Gasteiger partial charge < -0.3 is 0 Å². The first kappa shape index (κ1) is 16.3. The molecule has 0 aliphatic heterocycles. The Bertz CT molecular complexity index is 1080. The molecule has 1 N–H and O–H groups in total. The highest BCUT2D eigenvalue weighted by atomic mass is 19.1. The fourth-order valence-corrected chi connectivity index (χ4v) is 2.85. The second-order valence-electron chi connectivity index (χ2n) is 6.49. The first-order valence-corrected chi connectivity index (χ1v) is 8.23. The van der Waals surface area contributed by atoms with Crippen molar-refractivity contribution in [2.45, 2.75) is 20.3 Å². The Labute approximate surface area is 147 Å². The van der Waals surface area contributed by atoms with Crippen LogP contribution in [0.2, 0.25) is 0 Å². The standard InChI is InChI=1S/C18H16F2N6/c1-10(2)7-17-23-22-16-6-5-15(25-26(16)17)13-9-21-24-18(13)12-4-3-11(19)8-14(12)20/h3-6,8-10H,7H2,1-2H3,(H,21,24). The zero-order valence-electron chi connectivity index (χ0n) is 14.2. The summed E-state index contributed by atoms with van der Waals surface area (Å²) in [5.41, 5.74) is 2.51. The van der Waals surface area contributed by atoms with Gasteiger partial charge in [0.2, 0.25) is 0 Å². The second kappa shape index (κ2) is 6.29. The van der Waals surface area contributed by atoms with E-state index in [1.165, 1.54) is 12.1 Å². The Balaban J connectivity index is 1.83. The van der Waals surface area contributed by atoms with Crippen LogP contribution in [0.5, 0.6) is 0 Å². The lowest BCUT2D eigenvalue weighted by Gasteiger charge is -2.06. The molecule has 4 aromatic rings. The van der Waals surface area contributed by atoms with Crippen molar-refractivity contribution in [3.63, 3.8) is 0 Å². The van der Waals surface area contributed by atoms with E-state index >= 15 is 0 Å². The van der Waals surface area contributed by atoms with E-state index in [1.807, 2.05) is 0 Å². The molecule has 26 heavy (non-hydrogen) atoms. The molecule has 0 unspecified atom stereocenters. The Kier molecular flexibility index (Phi) is 3.95. The number of halogens is 2. The van der Waals surface area contributed by atoms with Crippen LogP contribution in [-0.4, -0.2) is 30.0 Å². The summed E-state index contributed by atoms with van der Waals surface area (Å²) in [6.45, 7) is 4.19. The molecule has 0 saturated heterocycles. The van der Waals surface area contributed by atoms with Gasteiger partial charge in [-0.05, 0) is 30.2 Å². The van der Waals surface area contributed by atoms with Gasteiger partial charge in [-0.1, -0.05) is 13.8 Å². The molecule has 1 aromatic carbocycles. The minimum absolute atomic E-state index is 0.229. The van der Waals surface area contributed by atoms with Crippen LogP contribution >= 0.6 is 0 Å². The van der Waals surface area contributed by atoms with Crippen molar-refractivity contribution in [2.75, 3.05) is 0 Å².